The summed E-state index contributed by atoms with van der Waals surface area (Å²) in [7, 11) is 0. The van der Waals surface area contributed by atoms with Crippen LogP contribution in [0.5, 0.6) is 0 Å². The summed E-state index contributed by atoms with van der Waals surface area (Å²) < 4.78 is 0. The Kier molecular flexibility index (Phi) is 7.30. The summed E-state index contributed by atoms with van der Waals surface area (Å²) in [5.74, 6) is -1.35. The van der Waals surface area contributed by atoms with E-state index in [0.29, 0.717) is 6.42 Å². The topological polar surface area (TPSA) is 74.6 Å². The van der Waals surface area contributed by atoms with Crippen LogP contribution in [0.3, 0.4) is 0 Å². The first kappa shape index (κ1) is 22.4. The average Bonchev–Trinajstić information content (AvgIpc) is 3.41. The van der Waals surface area contributed by atoms with Crippen LogP contribution in [0.4, 0.5) is 0 Å². The zero-order chi connectivity index (χ0) is 20.9. The molecule has 0 bridgehead atoms. The van der Waals surface area contributed by atoms with Crippen molar-refractivity contribution >= 4 is 11.9 Å². The molecule has 0 atom stereocenters. The Bertz CT molecular complexity index is 714. The van der Waals surface area contributed by atoms with Crippen LogP contribution in [0.15, 0.2) is 12.1 Å². The van der Waals surface area contributed by atoms with Crippen LogP contribution in [-0.2, 0) is 22.4 Å². The highest BCUT2D eigenvalue weighted by molar-refractivity contribution is 5.77. The first-order valence-electron chi connectivity index (χ1n) is 10.6. The van der Waals surface area contributed by atoms with Crippen LogP contribution in [0.2, 0.25) is 0 Å². The van der Waals surface area contributed by atoms with Gasteiger partial charge in [0.2, 0.25) is 0 Å². The van der Waals surface area contributed by atoms with Crippen LogP contribution in [0.1, 0.15) is 87.5 Å². The maximum atomic E-state index is 11.3. The smallest absolute Gasteiger partial charge is 0.309 e. The van der Waals surface area contributed by atoms with E-state index in [0.717, 1.165) is 57.8 Å². The number of aliphatic carboxylic acids is 2. The van der Waals surface area contributed by atoms with Crippen molar-refractivity contribution in [2.75, 3.05) is 0 Å². The molecule has 2 rings (SSSR count). The molecule has 1 fully saturated rings. The molecule has 0 aromatic heterocycles. The molecule has 0 unspecified atom stereocenters. The summed E-state index contributed by atoms with van der Waals surface area (Å²) in [5.41, 5.74) is 4.36. The number of rotatable bonds is 12. The summed E-state index contributed by atoms with van der Waals surface area (Å²) in [5, 5.41) is 18.6. The van der Waals surface area contributed by atoms with Crippen LogP contribution < -0.4 is 0 Å². The van der Waals surface area contributed by atoms with Crippen LogP contribution >= 0.6 is 0 Å². The third-order valence-electron chi connectivity index (χ3n) is 6.68. The van der Waals surface area contributed by atoms with Crippen molar-refractivity contribution in [3.63, 3.8) is 0 Å². The lowest BCUT2D eigenvalue weighted by atomic mass is 9.85. The zero-order valence-electron chi connectivity index (χ0n) is 17.9. The van der Waals surface area contributed by atoms with Gasteiger partial charge in [0.1, 0.15) is 0 Å². The molecule has 1 saturated carbocycles. The minimum atomic E-state index is -0.727. The zero-order valence-corrected chi connectivity index (χ0v) is 17.9. The van der Waals surface area contributed by atoms with E-state index in [1.807, 2.05) is 0 Å². The SMILES string of the molecule is Cc1ccc(CCCCC2(C(=O)O)CC2)c(CCCCC(C)(C)C(=O)O)c1C. The normalized spacial score (nSPS) is 15.4. The molecule has 0 amide bonds. The molecule has 0 radical (unpaired) electrons. The van der Waals surface area contributed by atoms with Gasteiger partial charge in [-0.15, -0.1) is 0 Å². The maximum Gasteiger partial charge on any atom is 0.309 e. The van der Waals surface area contributed by atoms with E-state index >= 15 is 0 Å². The third kappa shape index (κ3) is 5.59. The second kappa shape index (κ2) is 9.11. The van der Waals surface area contributed by atoms with Crippen molar-refractivity contribution in [1.29, 1.82) is 0 Å². The molecule has 2 N–H and O–H groups in total. The molecule has 0 spiro atoms. The van der Waals surface area contributed by atoms with Gasteiger partial charge in [-0.1, -0.05) is 25.0 Å². The van der Waals surface area contributed by atoms with E-state index in [1.165, 1.54) is 22.3 Å². The highest BCUT2D eigenvalue weighted by Crippen LogP contribution is 2.50. The number of hydrogen-bond donors (Lipinski definition) is 2. The molecule has 1 aliphatic rings. The molecule has 4 heteroatoms. The minimum absolute atomic E-state index is 0.414. The summed E-state index contributed by atoms with van der Waals surface area (Å²) >= 11 is 0. The van der Waals surface area contributed by atoms with Gasteiger partial charge in [-0.3, -0.25) is 9.59 Å². The average molecular weight is 389 g/mol. The number of carbonyl (C=O) groups is 2. The Morgan fingerprint density at radius 3 is 2.21 bits per heavy atom. The standard InChI is InChI=1S/C24H36O4/c1-17-11-12-19(9-5-8-14-24(15-16-24)22(27)28)20(18(17)2)10-6-7-13-23(3,4)21(25)26/h11-12H,5-10,13-16H2,1-4H3,(H,25,26)(H,27,28). The number of unbranched alkanes of at least 4 members (excludes halogenated alkanes) is 2. The van der Waals surface area contributed by atoms with E-state index in [9.17, 15) is 19.8 Å². The van der Waals surface area contributed by atoms with Gasteiger partial charge < -0.3 is 10.2 Å². The molecule has 0 heterocycles. The number of hydrogen-bond acceptors (Lipinski definition) is 2. The Morgan fingerprint density at radius 1 is 1.00 bits per heavy atom. The van der Waals surface area contributed by atoms with E-state index < -0.39 is 22.8 Å². The molecule has 0 saturated heterocycles. The van der Waals surface area contributed by atoms with E-state index in [4.69, 9.17) is 0 Å². The van der Waals surface area contributed by atoms with Crippen molar-refractivity contribution in [2.45, 2.75) is 91.9 Å². The molecular formula is C24H36O4. The van der Waals surface area contributed by atoms with Crippen molar-refractivity contribution in [1.82, 2.24) is 0 Å². The summed E-state index contributed by atoms with van der Waals surface area (Å²) in [4.78, 5) is 22.6. The van der Waals surface area contributed by atoms with E-state index in [-0.39, 0.29) is 0 Å². The molecule has 1 aliphatic carbocycles. The number of aryl methyl sites for hydroxylation is 2. The highest BCUT2D eigenvalue weighted by atomic mass is 16.4. The van der Waals surface area contributed by atoms with E-state index in [1.54, 1.807) is 13.8 Å². The lowest BCUT2D eigenvalue weighted by Crippen LogP contribution is -2.23. The van der Waals surface area contributed by atoms with Crippen molar-refractivity contribution in [2.24, 2.45) is 10.8 Å². The van der Waals surface area contributed by atoms with Crippen molar-refractivity contribution < 1.29 is 19.8 Å². The third-order valence-corrected chi connectivity index (χ3v) is 6.68. The molecular weight excluding hydrogens is 352 g/mol. The lowest BCUT2D eigenvalue weighted by molar-refractivity contribution is -0.147. The summed E-state index contributed by atoms with van der Waals surface area (Å²) in [6.07, 6.45) is 9.04. The van der Waals surface area contributed by atoms with Crippen LogP contribution in [0, 0.1) is 24.7 Å². The largest absolute Gasteiger partial charge is 0.481 e. The first-order chi connectivity index (χ1) is 13.1. The molecule has 1 aromatic rings. The predicted octanol–water partition coefficient (Wildman–Crippen LogP) is 5.70. The quantitative estimate of drug-likeness (QED) is 0.450. The van der Waals surface area contributed by atoms with Gasteiger partial charge in [0.05, 0.1) is 10.8 Å². The molecule has 4 nitrogen and oxygen atoms in total. The second-order valence-corrected chi connectivity index (χ2v) is 9.33. The molecule has 28 heavy (non-hydrogen) atoms. The van der Waals surface area contributed by atoms with Crippen LogP contribution in [0.25, 0.3) is 0 Å². The van der Waals surface area contributed by atoms with Gasteiger partial charge in [-0.2, -0.15) is 0 Å². The van der Waals surface area contributed by atoms with Crippen LogP contribution in [-0.4, -0.2) is 22.2 Å². The van der Waals surface area contributed by atoms with Gasteiger partial charge >= 0.3 is 11.9 Å². The van der Waals surface area contributed by atoms with Gasteiger partial charge in [0.25, 0.3) is 0 Å². The van der Waals surface area contributed by atoms with E-state index in [2.05, 4.69) is 26.0 Å². The Hall–Kier alpha value is -1.84. The second-order valence-electron chi connectivity index (χ2n) is 9.33. The fourth-order valence-corrected chi connectivity index (χ4v) is 3.99. The summed E-state index contributed by atoms with van der Waals surface area (Å²) in [6.45, 7) is 7.91. The van der Waals surface area contributed by atoms with Crippen molar-refractivity contribution in [3.8, 4) is 0 Å². The summed E-state index contributed by atoms with van der Waals surface area (Å²) in [6, 6.07) is 4.41. The Morgan fingerprint density at radius 2 is 1.64 bits per heavy atom. The fourth-order valence-electron chi connectivity index (χ4n) is 3.99. The molecule has 1 aromatic carbocycles. The van der Waals surface area contributed by atoms with Gasteiger partial charge in [-0.05, 0) is 101 Å². The maximum absolute atomic E-state index is 11.3. The number of carboxylic acids is 2. The van der Waals surface area contributed by atoms with Gasteiger partial charge in [-0.25, -0.2) is 0 Å². The Labute approximate surface area is 169 Å². The monoisotopic (exact) mass is 388 g/mol. The molecule has 0 aliphatic heterocycles. The van der Waals surface area contributed by atoms with Gasteiger partial charge in [0.15, 0.2) is 0 Å². The predicted molar refractivity (Wildman–Crippen MR) is 112 cm³/mol. The highest BCUT2D eigenvalue weighted by Gasteiger charge is 2.49. The Balaban J connectivity index is 1.89. The first-order valence-corrected chi connectivity index (χ1v) is 10.6. The fraction of sp³-hybridized carbons (Fsp3) is 0.667. The van der Waals surface area contributed by atoms with Crippen molar-refractivity contribution in [3.05, 3.63) is 34.4 Å². The number of carboxylic acid groups (broad SMARTS) is 2. The molecule has 156 valence electrons. The minimum Gasteiger partial charge on any atom is -0.481 e. The van der Waals surface area contributed by atoms with Gasteiger partial charge in [0, 0.05) is 0 Å². The lowest BCUT2D eigenvalue weighted by Gasteiger charge is -2.19. The number of benzene rings is 1.